The van der Waals surface area contributed by atoms with Gasteiger partial charge in [0.2, 0.25) is 5.95 Å². The summed E-state index contributed by atoms with van der Waals surface area (Å²) >= 11 is 0. The average molecular weight is 351 g/mol. The molecule has 3 aromatic heterocycles. The van der Waals surface area contributed by atoms with E-state index >= 15 is 0 Å². The number of carbonyl (C=O) groups is 1. The molecule has 0 atom stereocenters. The molecule has 134 valence electrons. The van der Waals surface area contributed by atoms with Gasteiger partial charge >= 0.3 is 0 Å². The number of fused-ring (bicyclic) bond motifs is 1. The SMILES string of the molecule is Cc1cc(C)nc(NNC(=O)c2cc(C3CC3)nc3c2c(C)nn3C)n1. The second kappa shape index (κ2) is 6.05. The molecule has 0 saturated heterocycles. The molecule has 0 bridgehead atoms. The highest BCUT2D eigenvalue weighted by Crippen LogP contribution is 2.40. The highest BCUT2D eigenvalue weighted by Gasteiger charge is 2.28. The molecule has 3 aromatic rings. The Balaban J connectivity index is 1.67. The fraction of sp³-hybridized carbons (Fsp3) is 0.389. The van der Waals surface area contributed by atoms with E-state index in [-0.39, 0.29) is 5.91 Å². The van der Waals surface area contributed by atoms with E-state index < -0.39 is 0 Å². The third kappa shape index (κ3) is 2.98. The van der Waals surface area contributed by atoms with Gasteiger partial charge in [-0.2, -0.15) is 5.10 Å². The summed E-state index contributed by atoms with van der Waals surface area (Å²) in [6.45, 7) is 5.65. The fourth-order valence-electron chi connectivity index (χ4n) is 3.19. The maximum atomic E-state index is 12.9. The third-order valence-electron chi connectivity index (χ3n) is 4.50. The Kier molecular flexibility index (Phi) is 3.82. The van der Waals surface area contributed by atoms with Gasteiger partial charge in [0.15, 0.2) is 5.65 Å². The number of rotatable bonds is 4. The Morgan fingerprint density at radius 3 is 2.46 bits per heavy atom. The number of hydrogen-bond donors (Lipinski definition) is 2. The zero-order valence-corrected chi connectivity index (χ0v) is 15.3. The van der Waals surface area contributed by atoms with Gasteiger partial charge in [0.1, 0.15) is 0 Å². The minimum atomic E-state index is -0.252. The van der Waals surface area contributed by atoms with E-state index in [4.69, 9.17) is 4.98 Å². The molecule has 0 aliphatic heterocycles. The zero-order valence-electron chi connectivity index (χ0n) is 15.3. The molecule has 0 spiro atoms. The van der Waals surface area contributed by atoms with Crippen LogP contribution in [-0.4, -0.2) is 30.6 Å². The Labute approximate surface area is 151 Å². The van der Waals surface area contributed by atoms with E-state index in [0.717, 1.165) is 46.7 Å². The molecule has 2 N–H and O–H groups in total. The van der Waals surface area contributed by atoms with Gasteiger partial charge in [-0.1, -0.05) is 0 Å². The van der Waals surface area contributed by atoms with E-state index in [1.165, 1.54) is 0 Å². The van der Waals surface area contributed by atoms with Crippen molar-refractivity contribution in [1.82, 2.24) is 30.2 Å². The topological polar surface area (TPSA) is 97.6 Å². The largest absolute Gasteiger partial charge is 0.270 e. The van der Waals surface area contributed by atoms with Crippen LogP contribution in [0, 0.1) is 20.8 Å². The van der Waals surface area contributed by atoms with Crippen molar-refractivity contribution >= 4 is 22.9 Å². The lowest BCUT2D eigenvalue weighted by molar-refractivity contribution is 0.0963. The van der Waals surface area contributed by atoms with Crippen LogP contribution in [0.5, 0.6) is 0 Å². The van der Waals surface area contributed by atoms with Crippen molar-refractivity contribution in [1.29, 1.82) is 0 Å². The smallest absolute Gasteiger partial charge is 0.267 e. The van der Waals surface area contributed by atoms with Gasteiger partial charge in [-0.05, 0) is 45.7 Å². The molecule has 8 nitrogen and oxygen atoms in total. The molecule has 0 radical (unpaired) electrons. The zero-order chi connectivity index (χ0) is 18.4. The minimum absolute atomic E-state index is 0.252. The van der Waals surface area contributed by atoms with Crippen molar-refractivity contribution < 1.29 is 4.79 Å². The highest BCUT2D eigenvalue weighted by atomic mass is 16.2. The number of nitrogens with one attached hydrogen (secondary N) is 2. The van der Waals surface area contributed by atoms with E-state index in [0.29, 0.717) is 17.4 Å². The maximum absolute atomic E-state index is 12.9. The Morgan fingerprint density at radius 2 is 1.81 bits per heavy atom. The van der Waals surface area contributed by atoms with Crippen LogP contribution in [0.2, 0.25) is 0 Å². The third-order valence-corrected chi connectivity index (χ3v) is 4.50. The van der Waals surface area contributed by atoms with Crippen LogP contribution in [0.15, 0.2) is 12.1 Å². The summed E-state index contributed by atoms with van der Waals surface area (Å²) < 4.78 is 1.73. The predicted molar refractivity (Wildman–Crippen MR) is 97.8 cm³/mol. The predicted octanol–water partition coefficient (Wildman–Crippen LogP) is 2.32. The van der Waals surface area contributed by atoms with Crippen molar-refractivity contribution in [2.24, 2.45) is 7.05 Å². The van der Waals surface area contributed by atoms with Crippen molar-refractivity contribution in [3.05, 3.63) is 40.5 Å². The maximum Gasteiger partial charge on any atom is 0.270 e. The Hall–Kier alpha value is -3.03. The molecule has 0 unspecified atom stereocenters. The number of nitrogens with zero attached hydrogens (tertiary/aromatic N) is 5. The van der Waals surface area contributed by atoms with E-state index in [1.54, 1.807) is 4.68 Å². The second-order valence-electron chi connectivity index (χ2n) is 6.83. The van der Waals surface area contributed by atoms with Crippen molar-refractivity contribution in [2.75, 3.05) is 5.43 Å². The van der Waals surface area contributed by atoms with Crippen molar-refractivity contribution in [3.63, 3.8) is 0 Å². The van der Waals surface area contributed by atoms with Crippen LogP contribution in [0.3, 0.4) is 0 Å². The molecule has 0 aromatic carbocycles. The first-order valence-corrected chi connectivity index (χ1v) is 8.65. The summed E-state index contributed by atoms with van der Waals surface area (Å²) in [4.78, 5) is 26.1. The Morgan fingerprint density at radius 1 is 1.12 bits per heavy atom. The van der Waals surface area contributed by atoms with Gasteiger partial charge in [0, 0.05) is 30.0 Å². The van der Waals surface area contributed by atoms with Crippen LogP contribution in [0.4, 0.5) is 5.95 Å². The second-order valence-corrected chi connectivity index (χ2v) is 6.83. The number of aromatic nitrogens is 5. The van der Waals surface area contributed by atoms with Crippen LogP contribution < -0.4 is 10.9 Å². The van der Waals surface area contributed by atoms with Gasteiger partial charge in [0.05, 0.1) is 16.6 Å². The molecule has 1 aliphatic carbocycles. The molecule has 1 fully saturated rings. The summed E-state index contributed by atoms with van der Waals surface area (Å²) in [6.07, 6.45) is 2.23. The summed E-state index contributed by atoms with van der Waals surface area (Å²) in [5.74, 6) is 0.557. The first-order chi connectivity index (χ1) is 12.4. The number of amides is 1. The van der Waals surface area contributed by atoms with Gasteiger partial charge in [-0.15, -0.1) is 0 Å². The normalized spacial score (nSPS) is 13.8. The first-order valence-electron chi connectivity index (χ1n) is 8.65. The fourth-order valence-corrected chi connectivity index (χ4v) is 3.19. The molecular weight excluding hydrogens is 330 g/mol. The summed E-state index contributed by atoms with van der Waals surface area (Å²) in [5.41, 5.74) is 10.2. The van der Waals surface area contributed by atoms with E-state index in [1.807, 2.05) is 40.0 Å². The first kappa shape index (κ1) is 16.4. The van der Waals surface area contributed by atoms with Crippen LogP contribution in [0.1, 0.15) is 51.9 Å². The lowest BCUT2D eigenvalue weighted by Crippen LogP contribution is -2.31. The number of hydrazine groups is 1. The molecule has 4 rings (SSSR count). The molecule has 8 heteroatoms. The lowest BCUT2D eigenvalue weighted by Gasteiger charge is -2.10. The van der Waals surface area contributed by atoms with Crippen molar-refractivity contribution in [3.8, 4) is 0 Å². The van der Waals surface area contributed by atoms with E-state index in [9.17, 15) is 4.79 Å². The number of carbonyl (C=O) groups excluding carboxylic acids is 1. The van der Waals surface area contributed by atoms with Crippen LogP contribution in [-0.2, 0) is 7.05 Å². The minimum Gasteiger partial charge on any atom is -0.267 e. The quantitative estimate of drug-likeness (QED) is 0.700. The molecule has 3 heterocycles. The van der Waals surface area contributed by atoms with Gasteiger partial charge in [-0.25, -0.2) is 15.0 Å². The number of aryl methyl sites for hydroxylation is 4. The molecule has 26 heavy (non-hydrogen) atoms. The molecule has 1 saturated carbocycles. The van der Waals surface area contributed by atoms with Gasteiger partial charge in [0.25, 0.3) is 5.91 Å². The number of hydrogen-bond acceptors (Lipinski definition) is 6. The summed E-state index contributed by atoms with van der Waals surface area (Å²) in [6, 6.07) is 3.76. The van der Waals surface area contributed by atoms with Crippen LogP contribution in [0.25, 0.3) is 11.0 Å². The number of anilines is 1. The lowest BCUT2D eigenvalue weighted by atomic mass is 10.1. The Bertz CT molecular complexity index is 1000. The number of pyridine rings is 1. The monoisotopic (exact) mass is 351 g/mol. The van der Waals surface area contributed by atoms with Crippen LogP contribution >= 0.6 is 0 Å². The average Bonchev–Trinajstić information content (AvgIpc) is 3.38. The molecule has 1 amide bonds. The highest BCUT2D eigenvalue weighted by molar-refractivity contribution is 6.06. The van der Waals surface area contributed by atoms with Gasteiger partial charge < -0.3 is 0 Å². The van der Waals surface area contributed by atoms with Gasteiger partial charge in [-0.3, -0.25) is 20.3 Å². The standard InChI is InChI=1S/C18H21N7O/c1-9-7-10(2)20-18(19-9)23-22-17(26)13-8-14(12-5-6-12)21-16-15(13)11(3)24-25(16)4/h7-8,12H,5-6H2,1-4H3,(H,22,26)(H,19,20,23). The van der Waals surface area contributed by atoms with Crippen molar-refractivity contribution in [2.45, 2.75) is 39.5 Å². The molecule has 1 aliphatic rings. The summed E-state index contributed by atoms with van der Waals surface area (Å²) in [7, 11) is 1.85. The van der Waals surface area contributed by atoms with E-state index in [2.05, 4.69) is 25.9 Å². The summed E-state index contributed by atoms with van der Waals surface area (Å²) in [5, 5.41) is 5.20. The molecular formula is C18H21N7O.